The molecule has 0 unspecified atom stereocenters. The van der Waals surface area contributed by atoms with Crippen LogP contribution >= 0.6 is 0 Å². The largest absolute Gasteiger partial charge is 0.460 e. The first-order valence-corrected chi connectivity index (χ1v) is 9.22. The van der Waals surface area contributed by atoms with Crippen molar-refractivity contribution in [1.29, 1.82) is 0 Å². The Hall–Kier alpha value is -3.00. The summed E-state index contributed by atoms with van der Waals surface area (Å²) < 4.78 is 19.1. The second-order valence-corrected chi connectivity index (χ2v) is 7.15. The van der Waals surface area contributed by atoms with Gasteiger partial charge in [-0.1, -0.05) is 0 Å². The van der Waals surface area contributed by atoms with Gasteiger partial charge >= 0.3 is 0 Å². The topological polar surface area (TPSA) is 97.3 Å². The molecule has 7 nitrogen and oxygen atoms in total. The monoisotopic (exact) mass is 383 g/mol. The van der Waals surface area contributed by atoms with Crippen LogP contribution in [0.15, 0.2) is 28.7 Å². The minimum absolute atomic E-state index is 0.0454. The van der Waals surface area contributed by atoms with Crippen molar-refractivity contribution in [2.75, 3.05) is 18.0 Å². The van der Waals surface area contributed by atoms with Crippen molar-refractivity contribution < 1.29 is 13.6 Å². The third-order valence-electron chi connectivity index (χ3n) is 5.17. The highest BCUT2D eigenvalue weighted by Gasteiger charge is 2.26. The van der Waals surface area contributed by atoms with E-state index in [0.29, 0.717) is 12.1 Å². The lowest BCUT2D eigenvalue weighted by atomic mass is 10.2. The van der Waals surface area contributed by atoms with E-state index in [-0.39, 0.29) is 17.7 Å². The number of carbonyl (C=O) groups is 1. The van der Waals surface area contributed by atoms with Crippen LogP contribution in [0.5, 0.6) is 0 Å². The fourth-order valence-corrected chi connectivity index (χ4v) is 3.55. The van der Waals surface area contributed by atoms with Crippen LogP contribution in [-0.2, 0) is 6.54 Å². The number of nitrogens with two attached hydrogens (primary N) is 1. The zero-order valence-corrected chi connectivity index (χ0v) is 15.8. The van der Waals surface area contributed by atoms with E-state index in [2.05, 4.69) is 20.2 Å². The molecule has 1 aromatic carbocycles. The highest BCUT2D eigenvalue weighted by atomic mass is 19.1. The summed E-state index contributed by atoms with van der Waals surface area (Å²) in [6.07, 6.45) is 0.934. The van der Waals surface area contributed by atoms with Crippen molar-refractivity contribution >= 4 is 22.7 Å². The van der Waals surface area contributed by atoms with Gasteiger partial charge in [0.05, 0.1) is 6.54 Å². The molecule has 4 rings (SSSR count). The minimum atomic E-state index is -0.625. The molecule has 1 fully saturated rings. The predicted molar refractivity (Wildman–Crippen MR) is 104 cm³/mol. The molecule has 0 bridgehead atoms. The first-order valence-electron chi connectivity index (χ1n) is 9.22. The number of nitrogens with one attached hydrogen (secondary N) is 1. The van der Waals surface area contributed by atoms with E-state index < -0.39 is 5.91 Å². The Kier molecular flexibility index (Phi) is 4.72. The van der Waals surface area contributed by atoms with Gasteiger partial charge in [0, 0.05) is 35.8 Å². The molecule has 1 aliphatic heterocycles. The maximum absolute atomic E-state index is 13.3. The normalized spacial score (nSPS) is 16.8. The van der Waals surface area contributed by atoms with E-state index in [1.165, 1.54) is 12.1 Å². The van der Waals surface area contributed by atoms with Crippen molar-refractivity contribution in [3.05, 3.63) is 52.9 Å². The van der Waals surface area contributed by atoms with Crippen LogP contribution in [0.2, 0.25) is 0 Å². The van der Waals surface area contributed by atoms with E-state index >= 15 is 0 Å². The van der Waals surface area contributed by atoms with Crippen LogP contribution in [0.1, 0.15) is 34.1 Å². The van der Waals surface area contributed by atoms with Crippen molar-refractivity contribution in [3.63, 3.8) is 0 Å². The molecule has 0 aliphatic carbocycles. The van der Waals surface area contributed by atoms with Crippen LogP contribution in [0, 0.1) is 19.7 Å². The van der Waals surface area contributed by atoms with Crippen LogP contribution < -0.4 is 16.0 Å². The van der Waals surface area contributed by atoms with Gasteiger partial charge in [0.1, 0.15) is 23.0 Å². The average molecular weight is 383 g/mol. The van der Waals surface area contributed by atoms with Crippen molar-refractivity contribution in [1.82, 2.24) is 15.3 Å². The molecule has 0 saturated carbocycles. The molecule has 3 N–H and O–H groups in total. The van der Waals surface area contributed by atoms with E-state index in [9.17, 15) is 9.18 Å². The van der Waals surface area contributed by atoms with E-state index in [1.54, 1.807) is 6.07 Å². The van der Waals surface area contributed by atoms with Gasteiger partial charge in [-0.05, 0) is 44.5 Å². The van der Waals surface area contributed by atoms with Crippen LogP contribution in [0.25, 0.3) is 11.0 Å². The van der Waals surface area contributed by atoms with Gasteiger partial charge in [-0.2, -0.15) is 0 Å². The number of aryl methyl sites for hydroxylation is 1. The Morgan fingerprint density at radius 2 is 2.18 bits per heavy atom. The highest BCUT2D eigenvalue weighted by molar-refractivity contribution is 5.89. The summed E-state index contributed by atoms with van der Waals surface area (Å²) >= 11 is 0. The van der Waals surface area contributed by atoms with E-state index in [4.69, 9.17) is 10.2 Å². The van der Waals surface area contributed by atoms with Crippen LogP contribution in [-0.4, -0.2) is 35.0 Å². The van der Waals surface area contributed by atoms with Crippen molar-refractivity contribution in [2.24, 2.45) is 5.73 Å². The molecule has 1 saturated heterocycles. The lowest BCUT2D eigenvalue weighted by Crippen LogP contribution is -2.33. The maximum Gasteiger partial charge on any atom is 0.286 e. The molecule has 2 aromatic heterocycles. The smallest absolute Gasteiger partial charge is 0.286 e. The SMILES string of the molecule is Cc1nc(C(N)=O)nc(N2CC[C@@H](NCc3cc4cc(F)ccc4o3)C2)c1C. The molecule has 0 spiro atoms. The number of rotatable bonds is 5. The lowest BCUT2D eigenvalue weighted by Gasteiger charge is -2.21. The Morgan fingerprint density at radius 1 is 1.36 bits per heavy atom. The summed E-state index contributed by atoms with van der Waals surface area (Å²) in [6, 6.07) is 6.61. The van der Waals surface area contributed by atoms with E-state index in [0.717, 1.165) is 47.7 Å². The number of nitrogens with zero attached hydrogens (tertiary/aromatic N) is 3. The molecular formula is C20H22FN5O2. The third-order valence-corrected chi connectivity index (χ3v) is 5.17. The number of aromatic nitrogens is 2. The minimum Gasteiger partial charge on any atom is -0.460 e. The Morgan fingerprint density at radius 3 is 2.96 bits per heavy atom. The van der Waals surface area contributed by atoms with Gasteiger partial charge in [-0.3, -0.25) is 4.79 Å². The molecule has 3 heterocycles. The zero-order chi connectivity index (χ0) is 19.8. The summed E-state index contributed by atoms with van der Waals surface area (Å²) in [5.74, 6) is 0.669. The number of fused-ring (bicyclic) bond motifs is 1. The number of hydrogen-bond donors (Lipinski definition) is 2. The molecule has 28 heavy (non-hydrogen) atoms. The number of benzene rings is 1. The number of halogens is 1. The van der Waals surface area contributed by atoms with Gasteiger partial charge in [0.15, 0.2) is 0 Å². The molecule has 146 valence electrons. The second kappa shape index (κ2) is 7.20. The first kappa shape index (κ1) is 18.4. The maximum atomic E-state index is 13.3. The van der Waals surface area contributed by atoms with Crippen LogP contribution in [0.4, 0.5) is 10.2 Å². The number of furan rings is 1. The lowest BCUT2D eigenvalue weighted by molar-refractivity contribution is 0.0990. The number of primary amides is 1. The molecular weight excluding hydrogens is 361 g/mol. The van der Waals surface area contributed by atoms with E-state index in [1.807, 2.05) is 19.9 Å². The van der Waals surface area contributed by atoms with Crippen LogP contribution in [0.3, 0.4) is 0 Å². The summed E-state index contributed by atoms with van der Waals surface area (Å²) in [5, 5.41) is 4.24. The third kappa shape index (κ3) is 3.55. The standard InChI is InChI=1S/C20H22FN5O2/c1-11-12(2)24-19(18(22)27)25-20(11)26-6-5-15(10-26)23-9-16-8-13-7-14(21)3-4-17(13)28-16/h3-4,7-8,15,23H,5-6,9-10H2,1-2H3,(H2,22,27)/t15-/m1/s1. The summed E-state index contributed by atoms with van der Waals surface area (Å²) in [7, 11) is 0. The van der Waals surface area contributed by atoms with Gasteiger partial charge in [0.2, 0.25) is 5.82 Å². The number of amides is 1. The molecule has 1 amide bonds. The zero-order valence-electron chi connectivity index (χ0n) is 15.8. The molecule has 8 heteroatoms. The molecule has 3 aromatic rings. The summed E-state index contributed by atoms with van der Waals surface area (Å²) in [4.78, 5) is 22.1. The first-order chi connectivity index (χ1) is 13.4. The van der Waals surface area contributed by atoms with Gasteiger partial charge in [-0.15, -0.1) is 0 Å². The Balaban J connectivity index is 1.43. The molecule has 0 radical (unpaired) electrons. The van der Waals surface area contributed by atoms with Crippen molar-refractivity contribution in [2.45, 2.75) is 32.9 Å². The number of hydrogen-bond acceptors (Lipinski definition) is 6. The Labute approximate surface area is 161 Å². The molecule has 1 atom stereocenters. The highest BCUT2D eigenvalue weighted by Crippen LogP contribution is 2.25. The number of anilines is 1. The summed E-state index contributed by atoms with van der Waals surface area (Å²) in [5.41, 5.74) is 7.73. The fraction of sp³-hybridized carbons (Fsp3) is 0.350. The second-order valence-electron chi connectivity index (χ2n) is 7.15. The fourth-order valence-electron chi connectivity index (χ4n) is 3.55. The molecule has 1 aliphatic rings. The van der Waals surface area contributed by atoms with Gasteiger partial charge < -0.3 is 20.4 Å². The predicted octanol–water partition coefficient (Wildman–Crippen LogP) is 2.45. The van der Waals surface area contributed by atoms with Gasteiger partial charge in [0.25, 0.3) is 5.91 Å². The average Bonchev–Trinajstić information content (AvgIpc) is 3.28. The van der Waals surface area contributed by atoms with Crippen molar-refractivity contribution in [3.8, 4) is 0 Å². The Bertz CT molecular complexity index is 1050. The number of carbonyl (C=O) groups excluding carboxylic acids is 1. The quantitative estimate of drug-likeness (QED) is 0.702. The van der Waals surface area contributed by atoms with Gasteiger partial charge in [-0.25, -0.2) is 14.4 Å². The summed E-state index contributed by atoms with van der Waals surface area (Å²) in [6.45, 7) is 5.93.